The monoisotopic (exact) mass is 343 g/mol. The third-order valence-electron chi connectivity index (χ3n) is 4.52. The maximum atomic E-state index is 5.88. The quantitative estimate of drug-likeness (QED) is 0.789. The summed E-state index contributed by atoms with van der Waals surface area (Å²) in [5, 5.41) is 7.58. The van der Waals surface area contributed by atoms with E-state index < -0.39 is 0 Å². The van der Waals surface area contributed by atoms with Crippen LogP contribution in [-0.4, -0.2) is 39.1 Å². The molecule has 24 heavy (non-hydrogen) atoms. The molecule has 1 aliphatic rings. The summed E-state index contributed by atoms with van der Waals surface area (Å²) in [6.45, 7) is 5.63. The number of rotatable bonds is 4. The highest BCUT2D eigenvalue weighted by Crippen LogP contribution is 2.27. The molecule has 0 bridgehead atoms. The Kier molecular flexibility index (Phi) is 4.22. The third kappa shape index (κ3) is 2.90. The Morgan fingerprint density at radius 3 is 3.12 bits per heavy atom. The van der Waals surface area contributed by atoms with E-state index in [0.717, 1.165) is 49.0 Å². The van der Waals surface area contributed by atoms with Gasteiger partial charge in [-0.1, -0.05) is 0 Å². The van der Waals surface area contributed by atoms with E-state index in [2.05, 4.69) is 25.1 Å². The molecule has 126 valence electrons. The number of piperazine rings is 1. The van der Waals surface area contributed by atoms with E-state index in [1.54, 1.807) is 11.3 Å². The van der Waals surface area contributed by atoms with Gasteiger partial charge >= 0.3 is 0 Å². The van der Waals surface area contributed by atoms with Crippen molar-refractivity contribution in [3.05, 3.63) is 46.5 Å². The maximum Gasteiger partial charge on any atom is 0.227 e. The number of oxazole rings is 1. The van der Waals surface area contributed by atoms with Crippen molar-refractivity contribution in [1.82, 2.24) is 24.8 Å². The van der Waals surface area contributed by atoms with Crippen LogP contribution in [0.1, 0.15) is 23.3 Å². The Bertz CT molecular complexity index is 807. The minimum atomic E-state index is 0.249. The summed E-state index contributed by atoms with van der Waals surface area (Å²) in [4.78, 5) is 11.7. The largest absolute Gasteiger partial charge is 0.441 e. The van der Waals surface area contributed by atoms with Crippen LogP contribution in [0.3, 0.4) is 0 Å². The molecule has 7 heteroatoms. The summed E-state index contributed by atoms with van der Waals surface area (Å²) >= 11 is 1.66. The summed E-state index contributed by atoms with van der Waals surface area (Å²) in [6, 6.07) is 2.29. The number of aryl methyl sites for hydroxylation is 2. The lowest BCUT2D eigenvalue weighted by atomic mass is 10.1. The molecule has 4 heterocycles. The van der Waals surface area contributed by atoms with Gasteiger partial charge in [0.25, 0.3) is 0 Å². The van der Waals surface area contributed by atoms with Gasteiger partial charge in [0, 0.05) is 56.6 Å². The van der Waals surface area contributed by atoms with Crippen LogP contribution in [0.2, 0.25) is 0 Å². The van der Waals surface area contributed by atoms with Crippen molar-refractivity contribution in [1.29, 1.82) is 0 Å². The van der Waals surface area contributed by atoms with Crippen LogP contribution in [0.15, 0.2) is 33.6 Å². The topological polar surface area (TPSA) is 59.1 Å². The second-order valence-corrected chi connectivity index (χ2v) is 6.90. The highest BCUT2D eigenvalue weighted by Gasteiger charge is 2.28. The molecule has 4 rings (SSSR count). The van der Waals surface area contributed by atoms with Gasteiger partial charge in [0.05, 0.1) is 11.7 Å². The molecule has 0 amide bonds. The van der Waals surface area contributed by atoms with Crippen molar-refractivity contribution in [3.8, 4) is 11.5 Å². The van der Waals surface area contributed by atoms with Crippen molar-refractivity contribution in [2.24, 2.45) is 7.05 Å². The first-order valence-electron chi connectivity index (χ1n) is 8.13. The molecule has 0 saturated carbocycles. The van der Waals surface area contributed by atoms with Crippen LogP contribution in [0.5, 0.6) is 0 Å². The fraction of sp³-hybridized carbons (Fsp3) is 0.412. The molecule has 0 radical (unpaired) electrons. The fourth-order valence-corrected chi connectivity index (χ4v) is 3.79. The number of imidazole rings is 1. The van der Waals surface area contributed by atoms with Gasteiger partial charge in [-0.15, -0.1) is 0 Å². The molecule has 1 unspecified atom stereocenters. The molecule has 0 spiro atoms. The van der Waals surface area contributed by atoms with E-state index in [9.17, 15) is 0 Å². The molecular weight excluding hydrogens is 322 g/mol. The molecule has 0 aromatic carbocycles. The van der Waals surface area contributed by atoms with E-state index in [1.807, 2.05) is 37.8 Å². The smallest absolute Gasteiger partial charge is 0.227 e. The number of hydrogen-bond donors (Lipinski definition) is 1. The van der Waals surface area contributed by atoms with E-state index >= 15 is 0 Å². The van der Waals surface area contributed by atoms with E-state index in [0.29, 0.717) is 5.89 Å². The second-order valence-electron chi connectivity index (χ2n) is 6.12. The molecule has 3 aromatic heterocycles. The van der Waals surface area contributed by atoms with Crippen LogP contribution in [-0.2, 0) is 13.6 Å². The molecule has 1 atom stereocenters. The first-order chi connectivity index (χ1) is 11.7. The van der Waals surface area contributed by atoms with Crippen LogP contribution < -0.4 is 5.32 Å². The van der Waals surface area contributed by atoms with E-state index in [4.69, 9.17) is 9.40 Å². The lowest BCUT2D eigenvalue weighted by Crippen LogP contribution is -2.46. The minimum Gasteiger partial charge on any atom is -0.441 e. The van der Waals surface area contributed by atoms with Gasteiger partial charge in [-0.3, -0.25) is 4.90 Å². The fourth-order valence-electron chi connectivity index (χ4n) is 3.17. The van der Waals surface area contributed by atoms with Crippen LogP contribution >= 0.6 is 11.3 Å². The van der Waals surface area contributed by atoms with Gasteiger partial charge in [0.15, 0.2) is 0 Å². The number of aromatic nitrogens is 3. The van der Waals surface area contributed by atoms with Crippen molar-refractivity contribution in [2.45, 2.75) is 19.5 Å². The van der Waals surface area contributed by atoms with Crippen LogP contribution in [0.25, 0.3) is 11.5 Å². The predicted molar refractivity (Wildman–Crippen MR) is 93.8 cm³/mol. The number of hydrogen-bond acceptors (Lipinski definition) is 6. The molecule has 1 N–H and O–H groups in total. The number of nitrogens with one attached hydrogen (secondary N) is 1. The van der Waals surface area contributed by atoms with E-state index in [-0.39, 0.29) is 6.04 Å². The highest BCUT2D eigenvalue weighted by molar-refractivity contribution is 7.08. The van der Waals surface area contributed by atoms with Gasteiger partial charge in [-0.2, -0.15) is 11.3 Å². The predicted octanol–water partition coefficient (Wildman–Crippen LogP) is 2.59. The molecule has 1 aliphatic heterocycles. The van der Waals surface area contributed by atoms with Crippen molar-refractivity contribution < 1.29 is 4.42 Å². The molecule has 0 aliphatic carbocycles. The first-order valence-corrected chi connectivity index (χ1v) is 9.07. The Labute approximate surface area is 145 Å². The van der Waals surface area contributed by atoms with E-state index in [1.165, 1.54) is 0 Å². The molecular formula is C17H21N5OS. The Hall–Kier alpha value is -1.96. The standard InChI is InChI=1S/C17H21N5OS/c1-12-14(20-17(23-12)13-3-8-24-11-13)10-22-7-4-18-9-15(22)16-19-5-6-21(16)2/h3,5-6,8,11,15,18H,4,7,9-10H2,1-2H3. The SMILES string of the molecule is Cc1oc(-c2ccsc2)nc1CN1CCNCC1c1nccn1C. The summed E-state index contributed by atoms with van der Waals surface area (Å²) in [5.74, 6) is 2.70. The zero-order chi connectivity index (χ0) is 16.5. The first kappa shape index (κ1) is 15.6. The van der Waals surface area contributed by atoms with Crippen molar-refractivity contribution in [3.63, 3.8) is 0 Å². The van der Waals surface area contributed by atoms with Crippen molar-refractivity contribution in [2.75, 3.05) is 19.6 Å². The second kappa shape index (κ2) is 6.51. The van der Waals surface area contributed by atoms with Crippen LogP contribution in [0.4, 0.5) is 0 Å². The third-order valence-corrected chi connectivity index (χ3v) is 5.21. The van der Waals surface area contributed by atoms with Crippen molar-refractivity contribution >= 4 is 11.3 Å². The summed E-state index contributed by atoms with van der Waals surface area (Å²) in [6.07, 6.45) is 3.86. The number of thiophene rings is 1. The Morgan fingerprint density at radius 2 is 2.38 bits per heavy atom. The molecule has 1 fully saturated rings. The maximum absolute atomic E-state index is 5.88. The van der Waals surface area contributed by atoms with Gasteiger partial charge in [-0.05, 0) is 18.4 Å². The van der Waals surface area contributed by atoms with Gasteiger partial charge in [0.1, 0.15) is 11.6 Å². The zero-order valence-corrected chi connectivity index (χ0v) is 14.7. The summed E-state index contributed by atoms with van der Waals surface area (Å²) < 4.78 is 7.98. The molecule has 3 aromatic rings. The summed E-state index contributed by atoms with van der Waals surface area (Å²) in [5.41, 5.74) is 2.06. The van der Waals surface area contributed by atoms with Gasteiger partial charge in [0.2, 0.25) is 5.89 Å². The zero-order valence-electron chi connectivity index (χ0n) is 13.9. The normalized spacial score (nSPS) is 19.0. The Morgan fingerprint density at radius 1 is 1.46 bits per heavy atom. The van der Waals surface area contributed by atoms with Gasteiger partial charge < -0.3 is 14.3 Å². The molecule has 6 nitrogen and oxygen atoms in total. The average molecular weight is 343 g/mol. The lowest BCUT2D eigenvalue weighted by Gasteiger charge is -2.35. The molecule has 1 saturated heterocycles. The highest BCUT2D eigenvalue weighted by atomic mass is 32.1. The Balaban J connectivity index is 1.58. The lowest BCUT2D eigenvalue weighted by molar-refractivity contribution is 0.142. The van der Waals surface area contributed by atoms with Crippen LogP contribution in [0, 0.1) is 6.92 Å². The average Bonchev–Trinajstić information content (AvgIpc) is 3.30. The number of nitrogens with zero attached hydrogens (tertiary/aromatic N) is 4. The summed E-state index contributed by atoms with van der Waals surface area (Å²) in [7, 11) is 2.05. The van der Waals surface area contributed by atoms with Gasteiger partial charge in [-0.25, -0.2) is 9.97 Å². The minimum absolute atomic E-state index is 0.249.